The van der Waals surface area contributed by atoms with Crippen LogP contribution in [0.4, 0.5) is 5.69 Å². The SMILES string of the molecule is COc1ccc([C@H](CNC(=O)C(=O)N[C@@H]2C(=O)N(C(C)C)c3ccccc32)c2c[nH]c3ccccc23)cc1. The zero-order valence-electron chi connectivity index (χ0n) is 21.5. The van der Waals surface area contributed by atoms with Crippen molar-refractivity contribution in [3.8, 4) is 5.75 Å². The van der Waals surface area contributed by atoms with Gasteiger partial charge >= 0.3 is 11.8 Å². The fraction of sp³-hybridized carbons (Fsp3) is 0.233. The Kier molecular flexibility index (Phi) is 6.87. The van der Waals surface area contributed by atoms with Crippen molar-refractivity contribution in [3.05, 3.63) is 95.7 Å². The van der Waals surface area contributed by atoms with Crippen LogP contribution in [0.25, 0.3) is 10.9 Å². The number of rotatable bonds is 7. The number of carbonyl (C=O) groups excluding carboxylic acids is 3. The second-order valence-electron chi connectivity index (χ2n) is 9.59. The Hall–Kier alpha value is -4.59. The van der Waals surface area contributed by atoms with Gasteiger partial charge in [-0.3, -0.25) is 14.4 Å². The minimum Gasteiger partial charge on any atom is -0.497 e. The van der Waals surface area contributed by atoms with Crippen molar-refractivity contribution in [1.82, 2.24) is 15.6 Å². The lowest BCUT2D eigenvalue weighted by atomic mass is 9.90. The van der Waals surface area contributed by atoms with Gasteiger partial charge in [-0.1, -0.05) is 48.5 Å². The first-order valence-electron chi connectivity index (χ1n) is 12.6. The second-order valence-corrected chi connectivity index (χ2v) is 9.59. The molecule has 8 heteroatoms. The first-order valence-corrected chi connectivity index (χ1v) is 12.6. The van der Waals surface area contributed by atoms with Gasteiger partial charge in [0.2, 0.25) is 0 Å². The fourth-order valence-corrected chi connectivity index (χ4v) is 5.11. The topological polar surface area (TPSA) is 104 Å². The Morgan fingerprint density at radius 3 is 2.42 bits per heavy atom. The first kappa shape index (κ1) is 25.1. The summed E-state index contributed by atoms with van der Waals surface area (Å²) in [7, 11) is 1.61. The number of hydrogen-bond acceptors (Lipinski definition) is 4. The highest BCUT2D eigenvalue weighted by Crippen LogP contribution is 2.37. The summed E-state index contributed by atoms with van der Waals surface area (Å²) in [5, 5.41) is 6.47. The third-order valence-electron chi connectivity index (χ3n) is 6.97. The van der Waals surface area contributed by atoms with Crippen molar-refractivity contribution in [2.45, 2.75) is 31.8 Å². The minimum absolute atomic E-state index is 0.0826. The fourth-order valence-electron chi connectivity index (χ4n) is 5.11. The van der Waals surface area contributed by atoms with Crippen LogP contribution < -0.4 is 20.3 Å². The van der Waals surface area contributed by atoms with Crippen LogP contribution in [0.3, 0.4) is 0 Å². The van der Waals surface area contributed by atoms with Gasteiger partial charge in [0, 0.05) is 46.9 Å². The summed E-state index contributed by atoms with van der Waals surface area (Å²) in [6, 6.07) is 21.9. The molecule has 1 aliphatic rings. The Balaban J connectivity index is 1.35. The van der Waals surface area contributed by atoms with Crippen molar-refractivity contribution in [2.75, 3.05) is 18.6 Å². The van der Waals surface area contributed by atoms with Gasteiger partial charge in [0.1, 0.15) is 11.8 Å². The monoisotopic (exact) mass is 510 g/mol. The van der Waals surface area contributed by atoms with E-state index in [1.165, 1.54) is 0 Å². The number of nitrogens with one attached hydrogen (secondary N) is 3. The van der Waals surface area contributed by atoms with E-state index in [1.54, 1.807) is 18.1 Å². The molecule has 0 spiro atoms. The van der Waals surface area contributed by atoms with Gasteiger partial charge < -0.3 is 25.3 Å². The molecular formula is C30H30N4O4. The standard InChI is InChI=1S/C30H30N4O4/c1-18(2)34-26-11-7-5-9-22(26)27(30(34)37)33-29(36)28(35)32-16-23(19-12-14-20(38-3)15-13-19)24-17-31-25-10-6-4-8-21(24)25/h4-15,17-18,23,27,31H,16H2,1-3H3,(H,32,35)(H,33,36)/t23-,27-/m0/s1. The van der Waals surface area contributed by atoms with Crippen LogP contribution in [0.2, 0.25) is 0 Å². The molecule has 0 fully saturated rings. The maximum atomic E-state index is 13.1. The van der Waals surface area contributed by atoms with Crippen LogP contribution in [-0.4, -0.2) is 42.4 Å². The minimum atomic E-state index is -0.905. The number of aromatic amines is 1. The van der Waals surface area contributed by atoms with E-state index < -0.39 is 17.9 Å². The summed E-state index contributed by atoms with van der Waals surface area (Å²) in [5.41, 5.74) is 4.38. The molecule has 5 rings (SSSR count). The number of hydrogen-bond donors (Lipinski definition) is 3. The van der Waals surface area contributed by atoms with Crippen LogP contribution in [0.15, 0.2) is 79.0 Å². The molecular weight excluding hydrogens is 480 g/mol. The molecule has 38 heavy (non-hydrogen) atoms. The maximum Gasteiger partial charge on any atom is 0.310 e. The molecule has 3 N–H and O–H groups in total. The molecule has 3 amide bonds. The van der Waals surface area contributed by atoms with Crippen molar-refractivity contribution in [2.24, 2.45) is 0 Å². The van der Waals surface area contributed by atoms with E-state index in [4.69, 9.17) is 4.74 Å². The number of ether oxygens (including phenoxy) is 1. The summed E-state index contributed by atoms with van der Waals surface area (Å²) in [4.78, 5) is 44.0. The number of H-pyrrole nitrogens is 1. The maximum absolute atomic E-state index is 13.1. The van der Waals surface area contributed by atoms with Crippen molar-refractivity contribution in [3.63, 3.8) is 0 Å². The van der Waals surface area contributed by atoms with Gasteiger partial charge in [0.15, 0.2) is 0 Å². The average molecular weight is 511 g/mol. The average Bonchev–Trinajstić information content (AvgIpc) is 3.48. The number of carbonyl (C=O) groups is 3. The molecule has 0 saturated carbocycles. The Morgan fingerprint density at radius 1 is 0.974 bits per heavy atom. The molecule has 4 aromatic rings. The van der Waals surface area contributed by atoms with E-state index in [0.29, 0.717) is 5.56 Å². The van der Waals surface area contributed by atoms with E-state index >= 15 is 0 Å². The predicted molar refractivity (Wildman–Crippen MR) is 146 cm³/mol. The summed E-state index contributed by atoms with van der Waals surface area (Å²) in [6.07, 6.45) is 1.93. The number of nitrogens with zero attached hydrogens (tertiary/aromatic N) is 1. The number of fused-ring (bicyclic) bond motifs is 2. The lowest BCUT2D eigenvalue weighted by Crippen LogP contribution is -2.46. The molecule has 0 unspecified atom stereocenters. The van der Waals surface area contributed by atoms with E-state index in [9.17, 15) is 14.4 Å². The lowest BCUT2D eigenvalue weighted by molar-refractivity contribution is -0.140. The highest BCUT2D eigenvalue weighted by Gasteiger charge is 2.40. The lowest BCUT2D eigenvalue weighted by Gasteiger charge is -2.22. The molecule has 194 valence electrons. The molecule has 0 radical (unpaired) electrons. The van der Waals surface area contributed by atoms with E-state index in [0.717, 1.165) is 33.5 Å². The third kappa shape index (κ3) is 4.61. The molecule has 0 aliphatic carbocycles. The highest BCUT2D eigenvalue weighted by molar-refractivity contribution is 6.35. The van der Waals surface area contributed by atoms with Gasteiger partial charge in [-0.15, -0.1) is 0 Å². The molecule has 2 atom stereocenters. The van der Waals surface area contributed by atoms with Gasteiger partial charge in [0.25, 0.3) is 5.91 Å². The second kappa shape index (κ2) is 10.4. The molecule has 0 saturated heterocycles. The zero-order chi connectivity index (χ0) is 26.8. The smallest absolute Gasteiger partial charge is 0.310 e. The largest absolute Gasteiger partial charge is 0.497 e. The van der Waals surface area contributed by atoms with Gasteiger partial charge in [-0.05, 0) is 49.2 Å². The van der Waals surface area contributed by atoms with Crippen LogP contribution in [0.5, 0.6) is 5.75 Å². The molecule has 1 aromatic heterocycles. The molecule has 3 aromatic carbocycles. The third-order valence-corrected chi connectivity index (χ3v) is 6.97. The number of para-hydroxylation sites is 2. The Labute approximate surface area is 221 Å². The first-order chi connectivity index (χ1) is 18.4. The van der Waals surface area contributed by atoms with Crippen LogP contribution >= 0.6 is 0 Å². The van der Waals surface area contributed by atoms with E-state index in [-0.39, 0.29) is 24.4 Å². The van der Waals surface area contributed by atoms with Gasteiger partial charge in [-0.2, -0.15) is 0 Å². The van der Waals surface area contributed by atoms with E-state index in [1.807, 2.05) is 86.8 Å². The summed E-state index contributed by atoms with van der Waals surface area (Å²) < 4.78 is 5.30. The van der Waals surface area contributed by atoms with Gasteiger partial charge in [0.05, 0.1) is 7.11 Å². The number of aromatic nitrogens is 1. The number of anilines is 1. The molecule has 1 aliphatic heterocycles. The van der Waals surface area contributed by atoms with Crippen LogP contribution in [-0.2, 0) is 14.4 Å². The van der Waals surface area contributed by atoms with Gasteiger partial charge in [-0.25, -0.2) is 0 Å². The number of benzene rings is 3. The van der Waals surface area contributed by atoms with Crippen molar-refractivity contribution < 1.29 is 19.1 Å². The van der Waals surface area contributed by atoms with Crippen LogP contribution in [0.1, 0.15) is 42.5 Å². The molecule has 8 nitrogen and oxygen atoms in total. The van der Waals surface area contributed by atoms with Crippen molar-refractivity contribution >= 4 is 34.3 Å². The van der Waals surface area contributed by atoms with E-state index in [2.05, 4.69) is 15.6 Å². The highest BCUT2D eigenvalue weighted by atomic mass is 16.5. The number of methoxy groups -OCH3 is 1. The summed E-state index contributed by atoms with van der Waals surface area (Å²) in [6.45, 7) is 4.01. The molecule has 2 heterocycles. The predicted octanol–water partition coefficient (Wildman–Crippen LogP) is 4.04. The number of amides is 3. The Bertz CT molecular complexity index is 1490. The van der Waals surface area contributed by atoms with Crippen LogP contribution in [0, 0.1) is 0 Å². The normalized spacial score (nSPS) is 15.4. The summed E-state index contributed by atoms with van der Waals surface area (Å²) in [5.74, 6) is -1.39. The summed E-state index contributed by atoms with van der Waals surface area (Å²) >= 11 is 0. The quantitative estimate of drug-likeness (QED) is 0.327. The van der Waals surface area contributed by atoms with Crippen molar-refractivity contribution in [1.29, 1.82) is 0 Å². The zero-order valence-corrected chi connectivity index (χ0v) is 21.5. The Morgan fingerprint density at radius 2 is 1.68 bits per heavy atom. The molecule has 0 bridgehead atoms.